The first kappa shape index (κ1) is 21.1. The first-order chi connectivity index (χ1) is 12.3. The van der Waals surface area contributed by atoms with Gasteiger partial charge in [-0.05, 0) is 31.2 Å². The van der Waals surface area contributed by atoms with Crippen LogP contribution in [0.15, 0.2) is 54.6 Å². The number of hydrogen-bond donors (Lipinski definition) is 2. The van der Waals surface area contributed by atoms with Gasteiger partial charge in [-0.2, -0.15) is 30.7 Å². The number of hydrogen-bond acceptors (Lipinski definition) is 1. The molecular formula is C16H14F7N2OP. The van der Waals surface area contributed by atoms with Gasteiger partial charge in [0.25, 0.3) is 0 Å². The van der Waals surface area contributed by atoms with Crippen molar-refractivity contribution in [3.05, 3.63) is 60.2 Å². The second-order valence-electron chi connectivity index (χ2n) is 5.68. The summed E-state index contributed by atoms with van der Waals surface area (Å²) in [6.45, 7) is 1.64. The lowest BCUT2D eigenvalue weighted by Crippen LogP contribution is -2.53. The van der Waals surface area contributed by atoms with Crippen LogP contribution in [0.3, 0.4) is 0 Å². The molecule has 148 valence electrons. The van der Waals surface area contributed by atoms with E-state index in [-0.39, 0.29) is 11.4 Å². The van der Waals surface area contributed by atoms with E-state index in [0.717, 1.165) is 24.3 Å². The van der Waals surface area contributed by atoms with Crippen LogP contribution in [0, 0.1) is 6.92 Å². The SMILES string of the molecule is Cc1ccc(N[P@@](=O)(Nc2ccccc2)C(F)(F)C(F)(F)C(F)(F)F)cc1. The molecule has 0 fully saturated rings. The number of halogens is 7. The highest BCUT2D eigenvalue weighted by molar-refractivity contribution is 7.68. The van der Waals surface area contributed by atoms with E-state index in [2.05, 4.69) is 0 Å². The lowest BCUT2D eigenvalue weighted by atomic mass is 10.2. The summed E-state index contributed by atoms with van der Waals surface area (Å²) >= 11 is 0. The maximum Gasteiger partial charge on any atom is 0.460 e. The minimum atomic E-state index is -6.61. The third kappa shape index (κ3) is 4.05. The van der Waals surface area contributed by atoms with Gasteiger partial charge in [-0.25, -0.2) is 0 Å². The fourth-order valence-electron chi connectivity index (χ4n) is 2.04. The average molecular weight is 414 g/mol. The fraction of sp³-hybridized carbons (Fsp3) is 0.250. The Balaban J connectivity index is 2.54. The van der Waals surface area contributed by atoms with E-state index in [1.165, 1.54) is 30.3 Å². The summed E-state index contributed by atoms with van der Waals surface area (Å²) in [5.41, 5.74) is -5.96. The quantitative estimate of drug-likeness (QED) is 0.419. The molecule has 11 heteroatoms. The van der Waals surface area contributed by atoms with E-state index in [0.29, 0.717) is 5.56 Å². The summed E-state index contributed by atoms with van der Waals surface area (Å²) in [5, 5.41) is 3.32. The maximum atomic E-state index is 14.3. The topological polar surface area (TPSA) is 41.1 Å². The van der Waals surface area contributed by atoms with E-state index in [9.17, 15) is 35.3 Å². The molecule has 1 atom stereocenters. The van der Waals surface area contributed by atoms with Crippen LogP contribution in [-0.2, 0) is 4.57 Å². The molecule has 0 aliphatic carbocycles. The average Bonchev–Trinajstić information content (AvgIpc) is 2.56. The van der Waals surface area contributed by atoms with Crippen molar-refractivity contribution in [3.8, 4) is 0 Å². The van der Waals surface area contributed by atoms with Crippen LogP contribution in [0.5, 0.6) is 0 Å². The molecule has 0 bridgehead atoms. The molecule has 2 aromatic rings. The molecule has 2 rings (SSSR count). The Labute approximate surface area is 150 Å². The highest BCUT2D eigenvalue weighted by Gasteiger charge is 2.80. The van der Waals surface area contributed by atoms with Crippen LogP contribution in [0.25, 0.3) is 0 Å². The Bertz CT molecular complexity index is 823. The highest BCUT2D eigenvalue weighted by Crippen LogP contribution is 2.67. The molecule has 0 unspecified atom stereocenters. The maximum absolute atomic E-state index is 14.3. The lowest BCUT2D eigenvalue weighted by Gasteiger charge is -2.35. The third-order valence-electron chi connectivity index (χ3n) is 3.53. The minimum Gasteiger partial charge on any atom is -0.316 e. The van der Waals surface area contributed by atoms with Gasteiger partial charge in [0.1, 0.15) is 0 Å². The van der Waals surface area contributed by atoms with E-state index in [1.54, 1.807) is 17.1 Å². The molecule has 0 aliphatic heterocycles. The van der Waals surface area contributed by atoms with Crippen molar-refractivity contribution in [1.29, 1.82) is 0 Å². The number of anilines is 2. The van der Waals surface area contributed by atoms with Crippen LogP contribution in [0.2, 0.25) is 0 Å². The predicted molar refractivity (Wildman–Crippen MR) is 88.4 cm³/mol. The number of rotatable bonds is 6. The van der Waals surface area contributed by atoms with Gasteiger partial charge >= 0.3 is 25.2 Å². The minimum absolute atomic E-state index is 0.315. The molecule has 0 aromatic heterocycles. The Morgan fingerprint density at radius 3 is 1.63 bits per heavy atom. The smallest absolute Gasteiger partial charge is 0.316 e. The Hall–Kier alpha value is -2.22. The van der Waals surface area contributed by atoms with E-state index in [4.69, 9.17) is 0 Å². The van der Waals surface area contributed by atoms with Gasteiger partial charge in [0.15, 0.2) is 0 Å². The lowest BCUT2D eigenvalue weighted by molar-refractivity contribution is -0.332. The molecule has 27 heavy (non-hydrogen) atoms. The van der Waals surface area contributed by atoms with Crippen molar-refractivity contribution in [2.45, 2.75) is 24.7 Å². The molecule has 0 saturated carbocycles. The predicted octanol–water partition coefficient (Wildman–Crippen LogP) is 6.50. The monoisotopic (exact) mass is 414 g/mol. The van der Waals surface area contributed by atoms with E-state index in [1.807, 2.05) is 0 Å². The number of nitrogens with one attached hydrogen (secondary N) is 2. The fourth-order valence-corrected chi connectivity index (χ4v) is 3.93. The molecule has 0 radical (unpaired) electrons. The zero-order valence-corrected chi connectivity index (χ0v) is 14.6. The van der Waals surface area contributed by atoms with Gasteiger partial charge in [-0.3, -0.25) is 4.57 Å². The Kier molecular flexibility index (Phi) is 5.52. The van der Waals surface area contributed by atoms with Gasteiger partial charge in [0.2, 0.25) is 0 Å². The number of para-hydroxylation sites is 1. The summed E-state index contributed by atoms with van der Waals surface area (Å²) in [6, 6.07) is 11.3. The van der Waals surface area contributed by atoms with Crippen LogP contribution >= 0.6 is 7.44 Å². The molecule has 0 aliphatic rings. The van der Waals surface area contributed by atoms with Crippen molar-refractivity contribution in [1.82, 2.24) is 0 Å². The number of benzene rings is 2. The summed E-state index contributed by atoms with van der Waals surface area (Å²) < 4.78 is 106. The number of alkyl halides is 7. The van der Waals surface area contributed by atoms with Gasteiger partial charge in [-0.15, -0.1) is 0 Å². The molecule has 0 heterocycles. The van der Waals surface area contributed by atoms with Crippen LogP contribution in [0.4, 0.5) is 42.1 Å². The van der Waals surface area contributed by atoms with Crippen LogP contribution < -0.4 is 10.2 Å². The van der Waals surface area contributed by atoms with E-state index < -0.39 is 25.2 Å². The molecule has 0 spiro atoms. The normalized spacial score (nSPS) is 15.1. The van der Waals surface area contributed by atoms with Gasteiger partial charge in [-0.1, -0.05) is 35.9 Å². The van der Waals surface area contributed by atoms with Gasteiger partial charge in [0, 0.05) is 11.4 Å². The van der Waals surface area contributed by atoms with Crippen molar-refractivity contribution in [2.24, 2.45) is 0 Å². The van der Waals surface area contributed by atoms with Crippen LogP contribution in [-0.4, -0.2) is 17.8 Å². The number of aryl methyl sites for hydroxylation is 1. The van der Waals surface area contributed by atoms with Crippen molar-refractivity contribution >= 4 is 18.8 Å². The second-order valence-corrected chi connectivity index (χ2v) is 7.91. The Morgan fingerprint density at radius 2 is 1.19 bits per heavy atom. The molecule has 0 amide bonds. The summed E-state index contributed by atoms with van der Waals surface area (Å²) in [7, 11) is -5.90. The van der Waals surface area contributed by atoms with Crippen LogP contribution in [0.1, 0.15) is 5.56 Å². The van der Waals surface area contributed by atoms with E-state index >= 15 is 0 Å². The second kappa shape index (κ2) is 7.07. The highest BCUT2D eigenvalue weighted by atomic mass is 31.2. The zero-order valence-electron chi connectivity index (χ0n) is 13.7. The first-order valence-corrected chi connectivity index (χ1v) is 9.12. The van der Waals surface area contributed by atoms with Crippen molar-refractivity contribution < 1.29 is 35.3 Å². The molecule has 2 aromatic carbocycles. The summed E-state index contributed by atoms with van der Waals surface area (Å²) in [5.74, 6) is -6.55. The molecule has 0 saturated heterocycles. The molecule has 2 N–H and O–H groups in total. The third-order valence-corrected chi connectivity index (χ3v) is 5.75. The van der Waals surface area contributed by atoms with Gasteiger partial charge in [0.05, 0.1) is 0 Å². The Morgan fingerprint density at radius 1 is 0.741 bits per heavy atom. The first-order valence-electron chi connectivity index (χ1n) is 7.41. The molecule has 3 nitrogen and oxygen atoms in total. The van der Waals surface area contributed by atoms with Crippen molar-refractivity contribution in [3.63, 3.8) is 0 Å². The zero-order chi connectivity index (χ0) is 20.5. The standard InChI is InChI=1S/C16H14F7N2OP/c1-11-7-9-13(10-8-11)25-27(26,24-12-5-3-2-4-6-12)16(22,23)14(17,18)15(19,20)21/h2-10H,1H3,(H2,24,25,26)/t27-/m0/s1. The summed E-state index contributed by atoms with van der Waals surface area (Å²) in [6.07, 6.45) is -6.61. The van der Waals surface area contributed by atoms with Gasteiger partial charge < -0.3 is 10.2 Å². The molecular weight excluding hydrogens is 400 g/mol. The van der Waals surface area contributed by atoms with Crippen molar-refractivity contribution in [2.75, 3.05) is 10.2 Å². The summed E-state index contributed by atoms with van der Waals surface area (Å²) in [4.78, 5) is 0. The largest absolute Gasteiger partial charge is 0.460 e.